The lowest BCUT2D eigenvalue weighted by molar-refractivity contribution is -0.146. The summed E-state index contributed by atoms with van der Waals surface area (Å²) in [5.74, 6) is -2.04. The summed E-state index contributed by atoms with van der Waals surface area (Å²) in [6, 6.07) is 7.65. The van der Waals surface area contributed by atoms with Crippen LogP contribution in [-0.2, 0) is 9.59 Å². The molecule has 0 spiro atoms. The maximum atomic E-state index is 14.5. The molecule has 33 heavy (non-hydrogen) atoms. The van der Waals surface area contributed by atoms with E-state index in [0.717, 1.165) is 24.5 Å². The van der Waals surface area contributed by atoms with Crippen LogP contribution in [0.1, 0.15) is 50.5 Å². The fourth-order valence-corrected chi connectivity index (χ4v) is 5.42. The van der Waals surface area contributed by atoms with E-state index in [1.54, 1.807) is 17.0 Å². The van der Waals surface area contributed by atoms with E-state index in [9.17, 15) is 22.8 Å². The molecule has 1 unspecified atom stereocenters. The predicted molar refractivity (Wildman–Crippen MR) is 119 cm³/mol. The van der Waals surface area contributed by atoms with Crippen molar-refractivity contribution in [2.75, 3.05) is 6.54 Å². The largest absolute Gasteiger partial charge is 0.352 e. The molecule has 2 heterocycles. The third kappa shape index (κ3) is 3.83. The predicted octanol–water partition coefficient (Wildman–Crippen LogP) is 5.72. The third-order valence-electron chi connectivity index (χ3n) is 7.15. The number of rotatable bonds is 4. The summed E-state index contributed by atoms with van der Waals surface area (Å²) in [7, 11) is 0. The molecule has 0 bridgehead atoms. The molecule has 1 aliphatic heterocycles. The Balaban J connectivity index is 1.47. The maximum Gasteiger partial charge on any atom is 0.226 e. The quantitative estimate of drug-likeness (QED) is 0.549. The van der Waals surface area contributed by atoms with E-state index in [0.29, 0.717) is 42.5 Å². The van der Waals surface area contributed by atoms with E-state index in [1.165, 1.54) is 25.1 Å². The van der Waals surface area contributed by atoms with Crippen molar-refractivity contribution in [3.8, 4) is 11.3 Å². The first-order chi connectivity index (χ1) is 15.8. The lowest BCUT2D eigenvalue weighted by Crippen LogP contribution is -2.51. The van der Waals surface area contributed by atoms with Gasteiger partial charge in [-0.25, -0.2) is 13.2 Å². The van der Waals surface area contributed by atoms with Crippen molar-refractivity contribution < 1.29 is 22.8 Å². The zero-order valence-electron chi connectivity index (χ0n) is 18.3. The van der Waals surface area contributed by atoms with E-state index in [2.05, 4.69) is 4.98 Å². The highest BCUT2D eigenvalue weighted by Crippen LogP contribution is 2.49. The minimum absolute atomic E-state index is 0.00770. The van der Waals surface area contributed by atoms with Gasteiger partial charge in [-0.3, -0.25) is 9.59 Å². The first-order valence-electron chi connectivity index (χ1n) is 11.4. The molecule has 7 heteroatoms. The number of aromatic amines is 1. The molecule has 2 aromatic carbocycles. The van der Waals surface area contributed by atoms with Crippen LogP contribution in [0, 0.1) is 23.4 Å². The van der Waals surface area contributed by atoms with Gasteiger partial charge in [-0.15, -0.1) is 0 Å². The van der Waals surface area contributed by atoms with Crippen LogP contribution in [0.25, 0.3) is 22.2 Å². The number of benzene rings is 2. The van der Waals surface area contributed by atoms with E-state index < -0.39 is 11.6 Å². The Morgan fingerprint density at radius 3 is 2.42 bits per heavy atom. The number of carbonyl (C=O) groups excluding carboxylic acids is 2. The van der Waals surface area contributed by atoms with Gasteiger partial charge in [-0.1, -0.05) is 0 Å². The van der Waals surface area contributed by atoms with Crippen LogP contribution in [0.2, 0.25) is 0 Å². The van der Waals surface area contributed by atoms with Crippen LogP contribution >= 0.6 is 0 Å². The number of carbonyl (C=O) groups is 2. The number of likely N-dealkylation sites (tertiary alicyclic amines) is 1. The van der Waals surface area contributed by atoms with Gasteiger partial charge in [0.2, 0.25) is 5.91 Å². The molecule has 1 aliphatic carbocycles. The average Bonchev–Trinajstić information content (AvgIpc) is 3.12. The van der Waals surface area contributed by atoms with Crippen LogP contribution in [0.4, 0.5) is 13.2 Å². The van der Waals surface area contributed by atoms with E-state index in [-0.39, 0.29) is 40.9 Å². The highest BCUT2D eigenvalue weighted by atomic mass is 19.1. The molecule has 4 nitrogen and oxygen atoms in total. The Kier molecular flexibility index (Phi) is 5.51. The Morgan fingerprint density at radius 1 is 1.00 bits per heavy atom. The van der Waals surface area contributed by atoms with Gasteiger partial charge in [0.05, 0.1) is 17.3 Å². The number of fused-ring (bicyclic) bond motifs is 1. The van der Waals surface area contributed by atoms with Crippen LogP contribution < -0.4 is 0 Å². The van der Waals surface area contributed by atoms with Crippen molar-refractivity contribution in [1.29, 1.82) is 0 Å². The number of aromatic nitrogens is 1. The second kappa shape index (κ2) is 8.36. The SMILES string of the molecule is CC(=O)C1CCCCN1C(=O)C1CC(c2c(-c3ccc(F)cc3)[nH]c3c(F)cc(F)cc23)C1. The van der Waals surface area contributed by atoms with Crippen molar-refractivity contribution in [2.24, 2.45) is 5.92 Å². The molecular weight excluding hydrogens is 429 g/mol. The average molecular weight is 454 g/mol. The van der Waals surface area contributed by atoms with Crippen molar-refractivity contribution in [3.63, 3.8) is 0 Å². The molecule has 1 amide bonds. The van der Waals surface area contributed by atoms with Crippen LogP contribution in [0.5, 0.6) is 0 Å². The highest BCUT2D eigenvalue weighted by molar-refractivity contribution is 5.93. The van der Waals surface area contributed by atoms with Crippen molar-refractivity contribution in [2.45, 2.75) is 51.0 Å². The maximum absolute atomic E-state index is 14.5. The molecule has 172 valence electrons. The summed E-state index contributed by atoms with van der Waals surface area (Å²) in [6.07, 6.45) is 3.61. The highest BCUT2D eigenvalue weighted by Gasteiger charge is 2.42. The molecule has 2 fully saturated rings. The molecule has 1 N–H and O–H groups in total. The van der Waals surface area contributed by atoms with Crippen LogP contribution in [0.3, 0.4) is 0 Å². The second-order valence-electron chi connectivity index (χ2n) is 9.25. The number of nitrogens with one attached hydrogen (secondary N) is 1. The molecule has 3 aromatic rings. The zero-order chi connectivity index (χ0) is 23.3. The fraction of sp³-hybridized carbons (Fsp3) is 0.385. The molecule has 1 aromatic heterocycles. The Hall–Kier alpha value is -3.09. The molecule has 1 atom stereocenters. The number of nitrogens with zero attached hydrogens (tertiary/aromatic N) is 1. The summed E-state index contributed by atoms with van der Waals surface area (Å²) in [4.78, 5) is 30.0. The summed E-state index contributed by atoms with van der Waals surface area (Å²) in [6.45, 7) is 2.12. The first kappa shape index (κ1) is 21.7. The number of Topliss-reactive ketones (excluding diaryl/α,β-unsaturated/α-hetero) is 1. The van der Waals surface area contributed by atoms with Gasteiger partial charge < -0.3 is 9.88 Å². The molecule has 2 aliphatic rings. The van der Waals surface area contributed by atoms with Gasteiger partial charge in [-0.05, 0) is 86.4 Å². The summed E-state index contributed by atoms with van der Waals surface area (Å²) >= 11 is 0. The minimum atomic E-state index is -0.691. The number of hydrogen-bond donors (Lipinski definition) is 1. The smallest absolute Gasteiger partial charge is 0.226 e. The van der Waals surface area contributed by atoms with Crippen LogP contribution in [0.15, 0.2) is 36.4 Å². The Labute approximate surface area is 189 Å². The van der Waals surface area contributed by atoms with Crippen molar-refractivity contribution >= 4 is 22.6 Å². The van der Waals surface area contributed by atoms with Gasteiger partial charge >= 0.3 is 0 Å². The summed E-state index contributed by atoms with van der Waals surface area (Å²) < 4.78 is 42.1. The topological polar surface area (TPSA) is 53.2 Å². The molecule has 5 rings (SSSR count). The summed E-state index contributed by atoms with van der Waals surface area (Å²) in [5, 5.41) is 0.447. The lowest BCUT2D eigenvalue weighted by Gasteiger charge is -2.42. The van der Waals surface area contributed by atoms with E-state index in [1.807, 2.05) is 0 Å². The minimum Gasteiger partial charge on any atom is -0.352 e. The zero-order valence-corrected chi connectivity index (χ0v) is 18.3. The second-order valence-corrected chi connectivity index (χ2v) is 9.25. The molecule has 1 saturated heterocycles. The normalized spacial score (nSPS) is 22.9. The number of piperidine rings is 1. The van der Waals surface area contributed by atoms with Gasteiger partial charge in [0.25, 0.3) is 0 Å². The fourth-order valence-electron chi connectivity index (χ4n) is 5.42. The standard InChI is InChI=1S/C26H25F3N2O2/c1-14(32)22-4-2-3-9-31(22)26(33)17-10-16(11-17)23-20-12-19(28)13-21(29)25(20)30-24(23)15-5-7-18(27)8-6-15/h5-8,12-13,16-17,22,30H,2-4,9-11H2,1H3. The van der Waals surface area contributed by atoms with E-state index in [4.69, 9.17) is 0 Å². The van der Waals surface area contributed by atoms with Crippen molar-refractivity contribution in [1.82, 2.24) is 9.88 Å². The summed E-state index contributed by atoms with van der Waals surface area (Å²) in [5.41, 5.74) is 2.24. The first-order valence-corrected chi connectivity index (χ1v) is 11.4. The molecule has 1 saturated carbocycles. The third-order valence-corrected chi connectivity index (χ3v) is 7.15. The number of amides is 1. The molecule has 0 radical (unpaired) electrons. The number of H-pyrrole nitrogens is 1. The van der Waals surface area contributed by atoms with Crippen molar-refractivity contribution in [3.05, 3.63) is 59.4 Å². The van der Waals surface area contributed by atoms with Gasteiger partial charge in [-0.2, -0.15) is 0 Å². The monoisotopic (exact) mass is 454 g/mol. The van der Waals surface area contributed by atoms with Gasteiger partial charge in [0, 0.05) is 23.9 Å². The Bertz CT molecular complexity index is 1230. The number of ketones is 1. The lowest BCUT2D eigenvalue weighted by atomic mass is 9.69. The number of halogens is 3. The van der Waals surface area contributed by atoms with Crippen LogP contribution in [-0.4, -0.2) is 34.2 Å². The molecular formula is C26H25F3N2O2. The number of hydrogen-bond acceptors (Lipinski definition) is 2. The van der Waals surface area contributed by atoms with Gasteiger partial charge in [0.1, 0.15) is 17.5 Å². The van der Waals surface area contributed by atoms with E-state index >= 15 is 0 Å². The Morgan fingerprint density at radius 2 is 1.73 bits per heavy atom. The van der Waals surface area contributed by atoms with Gasteiger partial charge in [0.15, 0.2) is 5.78 Å².